The Morgan fingerprint density at radius 1 is 1.09 bits per heavy atom. The van der Waals surface area contributed by atoms with Gasteiger partial charge in [-0.2, -0.15) is 31.4 Å². The number of nitrogens with one attached hydrogen (secondary N) is 1. The standard InChI is InChI=1S/C30H28F6N4O4S/c31-29(32,33)21-5-4-19(22(13-21)30(34,35)36)15-40-23-6-1-17(11-20(23)14-37-40)12-24-26(42)39(27(43)45-24)16-28(7-9-44-10-8-28)38-25(41)18-2-3-18/h1,4-6,11-14,18,26,42H,2-3,7-10,15-16H2,(H,38,41). The van der Waals surface area contributed by atoms with Gasteiger partial charge in [-0.25, -0.2) is 0 Å². The molecule has 1 unspecified atom stereocenters. The Balaban J connectivity index is 1.21. The predicted octanol–water partition coefficient (Wildman–Crippen LogP) is 6.03. The van der Waals surface area contributed by atoms with Crippen LogP contribution in [0.4, 0.5) is 31.1 Å². The van der Waals surface area contributed by atoms with Gasteiger partial charge in [0.15, 0.2) is 6.23 Å². The number of carbonyl (C=O) groups is 2. The van der Waals surface area contributed by atoms with Crippen molar-refractivity contribution in [1.82, 2.24) is 20.0 Å². The number of carbonyl (C=O) groups excluding carboxylic acids is 2. The molecule has 1 aromatic heterocycles. The van der Waals surface area contributed by atoms with E-state index in [0.29, 0.717) is 53.5 Å². The fourth-order valence-electron chi connectivity index (χ4n) is 5.64. The highest BCUT2D eigenvalue weighted by molar-refractivity contribution is 8.17. The molecule has 240 valence electrons. The molecule has 15 heteroatoms. The van der Waals surface area contributed by atoms with E-state index in [1.165, 1.54) is 15.8 Å². The Kier molecular flexibility index (Phi) is 8.14. The minimum atomic E-state index is -5.00. The van der Waals surface area contributed by atoms with Crippen molar-refractivity contribution in [1.29, 1.82) is 0 Å². The van der Waals surface area contributed by atoms with Crippen LogP contribution in [0.1, 0.15) is 47.9 Å². The predicted molar refractivity (Wildman–Crippen MR) is 153 cm³/mol. The molecule has 1 atom stereocenters. The summed E-state index contributed by atoms with van der Waals surface area (Å²) in [5, 5.41) is 18.6. The van der Waals surface area contributed by atoms with E-state index in [0.717, 1.165) is 30.7 Å². The maximum absolute atomic E-state index is 13.7. The third-order valence-electron chi connectivity index (χ3n) is 8.29. The van der Waals surface area contributed by atoms with Crippen LogP contribution in [0.5, 0.6) is 0 Å². The molecule has 8 nitrogen and oxygen atoms in total. The number of hydrogen-bond acceptors (Lipinski definition) is 6. The highest BCUT2D eigenvalue weighted by Gasteiger charge is 2.45. The molecule has 2 amide bonds. The summed E-state index contributed by atoms with van der Waals surface area (Å²) in [7, 11) is 0. The molecular weight excluding hydrogens is 626 g/mol. The van der Waals surface area contributed by atoms with Crippen molar-refractivity contribution in [3.63, 3.8) is 0 Å². The largest absolute Gasteiger partial charge is 0.416 e. The Hall–Kier alpha value is -3.56. The molecule has 3 aromatic rings. The lowest BCUT2D eigenvalue weighted by molar-refractivity contribution is -0.143. The second-order valence-electron chi connectivity index (χ2n) is 11.6. The first-order valence-electron chi connectivity index (χ1n) is 14.2. The van der Waals surface area contributed by atoms with E-state index in [4.69, 9.17) is 4.74 Å². The van der Waals surface area contributed by atoms with Crippen molar-refractivity contribution >= 4 is 39.9 Å². The number of nitrogens with zero attached hydrogens (tertiary/aromatic N) is 3. The Bertz CT molecular complexity index is 1660. The zero-order valence-corrected chi connectivity index (χ0v) is 24.4. The molecule has 1 aliphatic carbocycles. The molecule has 0 bridgehead atoms. The van der Waals surface area contributed by atoms with Crippen molar-refractivity contribution in [2.75, 3.05) is 19.8 Å². The molecule has 45 heavy (non-hydrogen) atoms. The first-order chi connectivity index (χ1) is 21.2. The van der Waals surface area contributed by atoms with Crippen LogP contribution >= 0.6 is 11.8 Å². The number of hydrogen-bond donors (Lipinski definition) is 2. The second kappa shape index (κ2) is 11.7. The van der Waals surface area contributed by atoms with Gasteiger partial charge in [0, 0.05) is 36.0 Å². The number of fused-ring (bicyclic) bond motifs is 1. The van der Waals surface area contributed by atoms with Crippen LogP contribution in [0, 0.1) is 5.92 Å². The minimum absolute atomic E-state index is 0.0188. The normalized spacial score (nSPS) is 21.6. The molecule has 3 fully saturated rings. The van der Waals surface area contributed by atoms with Gasteiger partial charge in [0.05, 0.1) is 34.9 Å². The maximum Gasteiger partial charge on any atom is 0.416 e. The van der Waals surface area contributed by atoms with Gasteiger partial charge in [0.25, 0.3) is 5.24 Å². The first kappa shape index (κ1) is 31.4. The van der Waals surface area contributed by atoms with Gasteiger partial charge in [-0.15, -0.1) is 0 Å². The Labute approximate surface area is 257 Å². The van der Waals surface area contributed by atoms with Crippen LogP contribution < -0.4 is 5.32 Å². The van der Waals surface area contributed by atoms with E-state index in [1.807, 2.05) is 0 Å². The molecule has 2 saturated heterocycles. The smallest absolute Gasteiger partial charge is 0.381 e. The molecule has 0 radical (unpaired) electrons. The fourth-order valence-corrected chi connectivity index (χ4v) is 6.55. The molecule has 3 aliphatic rings. The lowest BCUT2D eigenvalue weighted by Gasteiger charge is -2.41. The summed E-state index contributed by atoms with van der Waals surface area (Å²) in [5.41, 5.74) is -2.83. The Morgan fingerprint density at radius 2 is 1.82 bits per heavy atom. The number of ether oxygens (including phenoxy) is 1. The molecular formula is C30H28F6N4O4S. The summed E-state index contributed by atoms with van der Waals surface area (Å²) >= 11 is 0.867. The van der Waals surface area contributed by atoms with Crippen molar-refractivity contribution in [3.05, 3.63) is 69.8 Å². The van der Waals surface area contributed by atoms with Crippen molar-refractivity contribution in [2.24, 2.45) is 5.92 Å². The SMILES string of the molecule is O=C(NC1(CN2C(=O)SC(=Cc3ccc4c(cnn4Cc4ccc(C(F)(F)F)cc4C(F)(F)F)c3)C2O)CCOCC1)C1CC1. The summed E-state index contributed by atoms with van der Waals surface area (Å²) in [5.74, 6) is -0.0714. The average Bonchev–Trinajstić information content (AvgIpc) is 3.71. The molecule has 0 spiro atoms. The highest BCUT2D eigenvalue weighted by atomic mass is 32.2. The zero-order chi connectivity index (χ0) is 32.1. The number of aromatic nitrogens is 2. The van der Waals surface area contributed by atoms with Crippen molar-refractivity contribution < 1.29 is 45.8 Å². The van der Waals surface area contributed by atoms with E-state index >= 15 is 0 Å². The number of aliphatic hydroxyl groups is 1. The van der Waals surface area contributed by atoms with Crippen molar-refractivity contribution in [3.8, 4) is 0 Å². The van der Waals surface area contributed by atoms with E-state index in [-0.39, 0.29) is 35.2 Å². The second-order valence-corrected chi connectivity index (χ2v) is 12.6. The summed E-state index contributed by atoms with van der Waals surface area (Å²) in [4.78, 5) is 27.3. The average molecular weight is 655 g/mol. The molecule has 2 aromatic carbocycles. The van der Waals surface area contributed by atoms with E-state index in [1.54, 1.807) is 24.3 Å². The lowest BCUT2D eigenvalue weighted by atomic mass is 9.88. The van der Waals surface area contributed by atoms with Crippen LogP contribution in [0.25, 0.3) is 17.0 Å². The third kappa shape index (κ3) is 6.70. The van der Waals surface area contributed by atoms with Gasteiger partial charge >= 0.3 is 12.4 Å². The molecule has 3 heterocycles. The van der Waals surface area contributed by atoms with Gasteiger partial charge in [-0.1, -0.05) is 12.1 Å². The molecule has 2 N–H and O–H groups in total. The zero-order valence-electron chi connectivity index (χ0n) is 23.6. The van der Waals surface area contributed by atoms with Crippen molar-refractivity contribution in [2.45, 2.75) is 56.3 Å². The van der Waals surface area contributed by atoms with Gasteiger partial charge < -0.3 is 20.1 Å². The van der Waals surface area contributed by atoms with Crippen LogP contribution in [-0.2, 0) is 28.4 Å². The Morgan fingerprint density at radius 3 is 2.49 bits per heavy atom. The van der Waals surface area contributed by atoms with Gasteiger partial charge in [-0.05, 0) is 78.9 Å². The lowest BCUT2D eigenvalue weighted by Crippen LogP contribution is -2.59. The maximum atomic E-state index is 13.7. The summed E-state index contributed by atoms with van der Waals surface area (Å²) in [6.07, 6.45) is -5.46. The number of benzene rings is 2. The van der Waals surface area contributed by atoms with Crippen LogP contribution in [0.3, 0.4) is 0 Å². The number of halogens is 6. The van der Waals surface area contributed by atoms with Gasteiger partial charge in [0.2, 0.25) is 5.91 Å². The fraction of sp³-hybridized carbons (Fsp3) is 0.433. The van der Waals surface area contributed by atoms with Gasteiger partial charge in [-0.3, -0.25) is 14.3 Å². The van der Waals surface area contributed by atoms with E-state index < -0.39 is 41.8 Å². The summed E-state index contributed by atoms with van der Waals surface area (Å²) < 4.78 is 86.9. The highest BCUT2D eigenvalue weighted by Crippen LogP contribution is 2.40. The number of amides is 2. The topological polar surface area (TPSA) is 96.7 Å². The summed E-state index contributed by atoms with van der Waals surface area (Å²) in [6, 6.07) is 6.44. The minimum Gasteiger partial charge on any atom is -0.381 e. The van der Waals surface area contributed by atoms with Gasteiger partial charge in [0.1, 0.15) is 0 Å². The number of alkyl halides is 6. The quantitative estimate of drug-likeness (QED) is 0.303. The molecule has 2 aliphatic heterocycles. The number of aliphatic hydroxyl groups excluding tert-OH is 1. The monoisotopic (exact) mass is 654 g/mol. The molecule has 6 rings (SSSR count). The number of thioether (sulfide) groups is 1. The van der Waals surface area contributed by atoms with E-state index in [2.05, 4.69) is 10.4 Å². The third-order valence-corrected chi connectivity index (χ3v) is 9.26. The number of rotatable bonds is 7. The van der Waals surface area contributed by atoms with E-state index in [9.17, 15) is 41.0 Å². The summed E-state index contributed by atoms with van der Waals surface area (Å²) in [6.45, 7) is 0.542. The first-order valence-corrected chi connectivity index (χ1v) is 15.0. The van der Waals surface area contributed by atoms with Crippen LogP contribution in [0.2, 0.25) is 0 Å². The molecule has 1 saturated carbocycles. The van der Waals surface area contributed by atoms with Crippen LogP contribution in [0.15, 0.2) is 47.5 Å². The van der Waals surface area contributed by atoms with Crippen LogP contribution in [-0.4, -0.2) is 62.5 Å².